The van der Waals surface area contributed by atoms with Crippen molar-refractivity contribution in [3.8, 4) is 28.4 Å². The van der Waals surface area contributed by atoms with Crippen molar-refractivity contribution < 1.29 is 33.3 Å². The van der Waals surface area contributed by atoms with Gasteiger partial charge in [-0.2, -0.15) is 0 Å². The van der Waals surface area contributed by atoms with Crippen molar-refractivity contribution in [1.82, 2.24) is 15.5 Å². The molecular weight excluding hydrogens is 628 g/mol. The molecule has 2 aromatic rings. The molecule has 2 aliphatic rings. The minimum Gasteiger partial charge on any atom is -0.493 e. The number of carbonyl (C=O) groups is 3. The summed E-state index contributed by atoms with van der Waals surface area (Å²) in [5, 5.41) is 9.26. The lowest BCUT2D eigenvalue weighted by atomic mass is 9.95. The number of alkyl carbamates (subject to hydrolysis) is 1. The summed E-state index contributed by atoms with van der Waals surface area (Å²) in [7, 11) is 4.66. The molecular formula is C37H52N4O8. The number of methoxy groups -OCH3 is 3. The second kappa shape index (κ2) is 15.8. The topological polar surface area (TPSA) is 145 Å². The molecule has 1 saturated heterocycles. The number of carbonyl (C=O) groups excluding carboxylic acids is 3. The lowest BCUT2D eigenvalue weighted by Gasteiger charge is -2.36. The van der Waals surface area contributed by atoms with Gasteiger partial charge in [0.05, 0.1) is 33.1 Å². The van der Waals surface area contributed by atoms with Gasteiger partial charge in [0.15, 0.2) is 11.5 Å². The molecule has 3 N–H and O–H groups in total. The summed E-state index contributed by atoms with van der Waals surface area (Å²) in [6.45, 7) is 11.8. The summed E-state index contributed by atoms with van der Waals surface area (Å²) in [5.41, 5.74) is 2.40. The Morgan fingerprint density at radius 3 is 2.20 bits per heavy atom. The van der Waals surface area contributed by atoms with Gasteiger partial charge in [-0.1, -0.05) is 26.3 Å². The summed E-state index contributed by atoms with van der Waals surface area (Å²) >= 11 is 0. The number of fused-ring (bicyclic) bond motifs is 3. The van der Waals surface area contributed by atoms with E-state index in [1.165, 1.54) is 6.92 Å². The third-order valence-electron chi connectivity index (χ3n) is 9.23. The van der Waals surface area contributed by atoms with Crippen LogP contribution in [0.15, 0.2) is 29.1 Å². The first-order valence-electron chi connectivity index (χ1n) is 17.0. The van der Waals surface area contributed by atoms with Crippen LogP contribution in [-0.4, -0.2) is 74.9 Å². The maximum absolute atomic E-state index is 14.0. The van der Waals surface area contributed by atoms with Crippen LogP contribution in [0.5, 0.6) is 17.2 Å². The van der Waals surface area contributed by atoms with Crippen LogP contribution in [0.25, 0.3) is 11.1 Å². The van der Waals surface area contributed by atoms with Crippen molar-refractivity contribution in [3.63, 3.8) is 0 Å². The Labute approximate surface area is 289 Å². The van der Waals surface area contributed by atoms with Gasteiger partial charge in [-0.05, 0) is 87.3 Å². The van der Waals surface area contributed by atoms with Crippen molar-refractivity contribution in [2.45, 2.75) is 97.4 Å². The number of amides is 3. The third-order valence-corrected chi connectivity index (χ3v) is 9.23. The number of piperidine rings is 1. The van der Waals surface area contributed by atoms with Crippen molar-refractivity contribution in [2.24, 2.45) is 5.92 Å². The monoisotopic (exact) mass is 680 g/mol. The Morgan fingerprint density at radius 2 is 1.63 bits per heavy atom. The van der Waals surface area contributed by atoms with Crippen molar-refractivity contribution in [3.05, 3.63) is 45.6 Å². The van der Waals surface area contributed by atoms with E-state index in [2.05, 4.69) is 16.0 Å². The van der Waals surface area contributed by atoms with E-state index in [9.17, 15) is 19.2 Å². The second-order valence-corrected chi connectivity index (χ2v) is 13.8. The normalized spacial score (nSPS) is 17.3. The van der Waals surface area contributed by atoms with Gasteiger partial charge >= 0.3 is 6.09 Å². The van der Waals surface area contributed by atoms with Gasteiger partial charge in [0, 0.05) is 31.6 Å². The molecule has 1 fully saturated rings. The SMILES string of the molecule is CC[C@@H](C)[C@H](Nc1ccc2c(cc1=O)[C@@H](NC(C)=O)CCc1cc(OC)c(OC)c(OC)c1-2)C(=O)N1CCC(NC(=O)OC(C)(C)C)CC1. The number of hydrogen-bond donors (Lipinski definition) is 3. The highest BCUT2D eigenvalue weighted by Gasteiger charge is 2.34. The third kappa shape index (κ3) is 8.76. The number of nitrogens with one attached hydrogen (secondary N) is 3. The van der Waals surface area contributed by atoms with E-state index in [-0.39, 0.29) is 34.9 Å². The van der Waals surface area contributed by atoms with Crippen LogP contribution in [0.1, 0.15) is 84.4 Å². The predicted octanol–water partition coefficient (Wildman–Crippen LogP) is 5.21. The molecule has 1 heterocycles. The molecule has 0 saturated carbocycles. The first-order valence-corrected chi connectivity index (χ1v) is 17.0. The first-order chi connectivity index (χ1) is 23.2. The number of anilines is 1. The predicted molar refractivity (Wildman–Crippen MR) is 189 cm³/mol. The minimum absolute atomic E-state index is 0.0856. The summed E-state index contributed by atoms with van der Waals surface area (Å²) in [6.07, 6.45) is 2.56. The quantitative estimate of drug-likeness (QED) is 0.308. The standard InChI is InChI=1S/C37H52N4O8/c1-10-21(2)32(35(44)41-17-15-24(16-18-41)39-36(45)49-37(4,5)6)40-28-14-12-25-26(20-29(28)43)27(38-22(3)42)13-11-23-19-30(46-7)33(47-8)34(48-9)31(23)25/h12,14,19-21,24,27,32H,10-11,13,15-18H2,1-9H3,(H,38,42)(H,39,45)(H,40,43)/t21-,27+,32+/m1/s1. The largest absolute Gasteiger partial charge is 0.493 e. The summed E-state index contributed by atoms with van der Waals surface area (Å²) in [6, 6.07) is 5.81. The molecule has 0 unspecified atom stereocenters. The fraction of sp³-hybridized carbons (Fsp3) is 0.568. The zero-order valence-corrected chi connectivity index (χ0v) is 30.3. The smallest absolute Gasteiger partial charge is 0.407 e. The number of hydrogen-bond acceptors (Lipinski definition) is 9. The Kier molecular flexibility index (Phi) is 12.1. The molecule has 0 spiro atoms. The fourth-order valence-corrected chi connectivity index (χ4v) is 6.59. The Hall–Kier alpha value is -4.48. The van der Waals surface area contributed by atoms with Gasteiger partial charge < -0.3 is 39.8 Å². The second-order valence-electron chi connectivity index (χ2n) is 13.8. The van der Waals surface area contributed by atoms with E-state index in [0.717, 1.165) is 11.1 Å². The minimum atomic E-state index is -0.660. The Bertz CT molecular complexity index is 1600. The lowest BCUT2D eigenvalue weighted by molar-refractivity contribution is -0.134. The number of aryl methyl sites for hydroxylation is 1. The number of nitrogens with zero attached hydrogens (tertiary/aromatic N) is 1. The molecule has 1 aliphatic heterocycles. The van der Waals surface area contributed by atoms with E-state index in [4.69, 9.17) is 18.9 Å². The number of likely N-dealkylation sites (tertiary alicyclic amines) is 1. The maximum atomic E-state index is 14.0. The molecule has 1 aliphatic carbocycles. The van der Waals surface area contributed by atoms with Crippen molar-refractivity contribution in [1.29, 1.82) is 0 Å². The fourth-order valence-electron chi connectivity index (χ4n) is 6.59. The van der Waals surface area contributed by atoms with Gasteiger partial charge in [0.1, 0.15) is 11.6 Å². The molecule has 3 atom stereocenters. The molecule has 268 valence electrons. The first kappa shape index (κ1) is 37.3. The summed E-state index contributed by atoms with van der Waals surface area (Å²) < 4.78 is 22.6. The van der Waals surface area contributed by atoms with Crippen LogP contribution in [-0.2, 0) is 20.7 Å². The lowest BCUT2D eigenvalue weighted by Crippen LogP contribution is -2.52. The molecule has 12 heteroatoms. The zero-order chi connectivity index (χ0) is 36.0. The van der Waals surface area contributed by atoms with Crippen LogP contribution < -0.4 is 35.6 Å². The van der Waals surface area contributed by atoms with Crippen LogP contribution in [0.4, 0.5) is 10.5 Å². The number of ether oxygens (including phenoxy) is 4. The average Bonchev–Trinajstić information content (AvgIpc) is 3.29. The highest BCUT2D eigenvalue weighted by Crippen LogP contribution is 2.50. The van der Waals surface area contributed by atoms with Gasteiger partial charge in [-0.3, -0.25) is 14.4 Å². The van der Waals surface area contributed by atoms with E-state index in [1.54, 1.807) is 38.4 Å². The number of benzene rings is 1. The van der Waals surface area contributed by atoms with Crippen LogP contribution in [0.3, 0.4) is 0 Å². The van der Waals surface area contributed by atoms with E-state index in [0.29, 0.717) is 73.6 Å². The highest BCUT2D eigenvalue weighted by molar-refractivity contribution is 5.86. The molecule has 2 aromatic carbocycles. The summed E-state index contributed by atoms with van der Waals surface area (Å²) in [5.74, 6) is 1.01. The summed E-state index contributed by atoms with van der Waals surface area (Å²) in [4.78, 5) is 54.4. The molecule has 49 heavy (non-hydrogen) atoms. The van der Waals surface area contributed by atoms with Gasteiger partial charge in [0.2, 0.25) is 23.0 Å². The molecule has 12 nitrogen and oxygen atoms in total. The molecule has 4 rings (SSSR count). The van der Waals surface area contributed by atoms with Crippen LogP contribution >= 0.6 is 0 Å². The molecule has 3 amide bonds. The Balaban J connectivity index is 1.69. The molecule has 0 bridgehead atoms. The average molecular weight is 681 g/mol. The van der Waals surface area contributed by atoms with Gasteiger partial charge in [-0.15, -0.1) is 0 Å². The van der Waals surface area contributed by atoms with Crippen molar-refractivity contribution >= 4 is 23.6 Å². The van der Waals surface area contributed by atoms with Crippen LogP contribution in [0.2, 0.25) is 0 Å². The molecule has 0 radical (unpaired) electrons. The maximum Gasteiger partial charge on any atom is 0.407 e. The van der Waals surface area contributed by atoms with E-state index >= 15 is 0 Å². The van der Waals surface area contributed by atoms with Gasteiger partial charge in [-0.25, -0.2) is 4.79 Å². The van der Waals surface area contributed by atoms with Crippen molar-refractivity contribution in [2.75, 3.05) is 39.7 Å². The highest BCUT2D eigenvalue weighted by atomic mass is 16.6. The van der Waals surface area contributed by atoms with E-state index < -0.39 is 23.8 Å². The van der Waals surface area contributed by atoms with Crippen LogP contribution in [0, 0.1) is 5.92 Å². The van der Waals surface area contributed by atoms with E-state index in [1.807, 2.05) is 46.8 Å². The Morgan fingerprint density at radius 1 is 0.959 bits per heavy atom. The number of rotatable bonds is 10. The molecule has 0 aromatic heterocycles. The van der Waals surface area contributed by atoms with Gasteiger partial charge in [0.25, 0.3) is 0 Å². The zero-order valence-electron chi connectivity index (χ0n) is 30.3.